The van der Waals surface area contributed by atoms with Gasteiger partial charge in [-0.05, 0) is 31.3 Å². The second-order valence-corrected chi connectivity index (χ2v) is 3.14. The lowest BCUT2D eigenvalue weighted by molar-refractivity contribution is 0.126. The molecule has 1 nitrogen and oxygen atoms in total. The van der Waals surface area contributed by atoms with Crippen molar-refractivity contribution in [1.82, 2.24) is 0 Å². The highest BCUT2D eigenvalue weighted by Crippen LogP contribution is 2.26. The Balaban J connectivity index is 0.000000561. The van der Waals surface area contributed by atoms with Crippen LogP contribution in [0.5, 0.6) is 0 Å². The Bertz CT molecular complexity index is 138. The zero-order chi connectivity index (χ0) is 9.56. The second kappa shape index (κ2) is 6.24. The zero-order valence-electron chi connectivity index (χ0n) is 8.80. The Labute approximate surface area is 76.5 Å². The smallest absolute Gasteiger partial charge is 0.0775 e. The third-order valence-corrected chi connectivity index (χ3v) is 2.44. The van der Waals surface area contributed by atoms with Gasteiger partial charge >= 0.3 is 0 Å². The van der Waals surface area contributed by atoms with Gasteiger partial charge in [0, 0.05) is 0 Å². The van der Waals surface area contributed by atoms with Crippen LogP contribution in [0.25, 0.3) is 0 Å². The van der Waals surface area contributed by atoms with E-state index in [1.807, 2.05) is 20.8 Å². The predicted octanol–water partition coefficient (Wildman–Crippen LogP) is 3.14. The second-order valence-electron chi connectivity index (χ2n) is 3.14. The van der Waals surface area contributed by atoms with Crippen LogP contribution >= 0.6 is 0 Å². The van der Waals surface area contributed by atoms with Crippen LogP contribution < -0.4 is 0 Å². The molecule has 0 bridgehead atoms. The van der Waals surface area contributed by atoms with E-state index >= 15 is 0 Å². The molecule has 1 aliphatic rings. The fraction of sp³-hybridized carbons (Fsp3) is 0.818. The molecular formula is C11H22O. The molecule has 2 atom stereocenters. The molecule has 1 aliphatic carbocycles. The lowest BCUT2D eigenvalue weighted by atomic mass is 9.85. The average molecular weight is 170 g/mol. The average Bonchev–Trinajstić information content (AvgIpc) is 2.13. The van der Waals surface area contributed by atoms with Crippen LogP contribution in [0.2, 0.25) is 0 Å². The summed E-state index contributed by atoms with van der Waals surface area (Å²) < 4.78 is 0. The molecule has 0 aromatic rings. The van der Waals surface area contributed by atoms with Crippen LogP contribution in [0.3, 0.4) is 0 Å². The Hall–Kier alpha value is -0.300. The fourth-order valence-electron chi connectivity index (χ4n) is 1.60. The van der Waals surface area contributed by atoms with E-state index in [2.05, 4.69) is 13.0 Å². The predicted molar refractivity (Wildman–Crippen MR) is 54.1 cm³/mol. The van der Waals surface area contributed by atoms with E-state index < -0.39 is 0 Å². The van der Waals surface area contributed by atoms with E-state index in [0.717, 1.165) is 24.8 Å². The van der Waals surface area contributed by atoms with Crippen LogP contribution in [0, 0.1) is 5.92 Å². The van der Waals surface area contributed by atoms with E-state index in [1.54, 1.807) is 0 Å². The summed E-state index contributed by atoms with van der Waals surface area (Å²) in [6, 6.07) is 0. The van der Waals surface area contributed by atoms with Crippen molar-refractivity contribution in [3.63, 3.8) is 0 Å². The fourth-order valence-corrected chi connectivity index (χ4v) is 1.60. The molecule has 0 heterocycles. The highest BCUT2D eigenvalue weighted by molar-refractivity contribution is 5.09. The molecule has 0 radical (unpaired) electrons. The van der Waals surface area contributed by atoms with Crippen LogP contribution in [0.4, 0.5) is 0 Å². The Morgan fingerprint density at radius 2 is 2.08 bits per heavy atom. The van der Waals surface area contributed by atoms with Crippen LogP contribution in [-0.4, -0.2) is 11.2 Å². The molecule has 1 heteroatoms. The van der Waals surface area contributed by atoms with Gasteiger partial charge in [0.2, 0.25) is 0 Å². The quantitative estimate of drug-likeness (QED) is 0.599. The summed E-state index contributed by atoms with van der Waals surface area (Å²) >= 11 is 0. The molecule has 72 valence electrons. The van der Waals surface area contributed by atoms with Crippen LogP contribution in [0.15, 0.2) is 11.6 Å². The molecular weight excluding hydrogens is 148 g/mol. The number of hydrogen-bond acceptors (Lipinski definition) is 1. The van der Waals surface area contributed by atoms with Crippen molar-refractivity contribution in [3.05, 3.63) is 11.6 Å². The lowest BCUT2D eigenvalue weighted by Gasteiger charge is -2.25. The van der Waals surface area contributed by atoms with E-state index in [9.17, 15) is 5.11 Å². The molecule has 1 N–H and O–H groups in total. The van der Waals surface area contributed by atoms with Gasteiger partial charge in [-0.15, -0.1) is 0 Å². The van der Waals surface area contributed by atoms with Gasteiger partial charge in [0.1, 0.15) is 0 Å². The highest BCUT2D eigenvalue weighted by Gasteiger charge is 2.21. The SMILES string of the molecule is CC.CCC1CCC=C(C)C1O. The van der Waals surface area contributed by atoms with Crippen molar-refractivity contribution in [3.8, 4) is 0 Å². The summed E-state index contributed by atoms with van der Waals surface area (Å²) in [5.74, 6) is 0.519. The van der Waals surface area contributed by atoms with E-state index in [1.165, 1.54) is 0 Å². The molecule has 0 fully saturated rings. The van der Waals surface area contributed by atoms with Gasteiger partial charge in [-0.1, -0.05) is 33.3 Å². The topological polar surface area (TPSA) is 20.2 Å². The molecule has 0 aromatic heterocycles. The van der Waals surface area contributed by atoms with Gasteiger partial charge in [-0.2, -0.15) is 0 Å². The number of aliphatic hydroxyl groups is 1. The number of allylic oxidation sites excluding steroid dienone is 1. The Morgan fingerprint density at radius 3 is 2.50 bits per heavy atom. The third-order valence-electron chi connectivity index (χ3n) is 2.44. The van der Waals surface area contributed by atoms with Crippen molar-refractivity contribution in [2.24, 2.45) is 5.92 Å². The van der Waals surface area contributed by atoms with Crippen LogP contribution in [-0.2, 0) is 0 Å². The van der Waals surface area contributed by atoms with Crippen molar-refractivity contribution < 1.29 is 5.11 Å². The van der Waals surface area contributed by atoms with E-state index in [0.29, 0.717) is 5.92 Å². The molecule has 1 rings (SSSR count). The summed E-state index contributed by atoms with van der Waals surface area (Å²) in [7, 11) is 0. The number of hydrogen-bond donors (Lipinski definition) is 1. The van der Waals surface area contributed by atoms with Crippen molar-refractivity contribution >= 4 is 0 Å². The summed E-state index contributed by atoms with van der Waals surface area (Å²) in [4.78, 5) is 0. The Kier molecular flexibility index (Phi) is 6.09. The molecule has 12 heavy (non-hydrogen) atoms. The standard InChI is InChI=1S/C9H16O.C2H6/c1-3-8-6-4-5-7(2)9(8)10;1-2/h5,8-10H,3-4,6H2,1-2H3;1-2H3. The summed E-state index contributed by atoms with van der Waals surface area (Å²) in [5, 5.41) is 9.57. The Morgan fingerprint density at radius 1 is 1.50 bits per heavy atom. The molecule has 0 aromatic carbocycles. The minimum atomic E-state index is -0.154. The number of aliphatic hydroxyl groups excluding tert-OH is 1. The summed E-state index contributed by atoms with van der Waals surface area (Å²) in [6.07, 6.45) is 5.42. The molecule has 0 spiro atoms. The van der Waals surface area contributed by atoms with Crippen molar-refractivity contribution in [1.29, 1.82) is 0 Å². The maximum absolute atomic E-state index is 9.57. The maximum Gasteiger partial charge on any atom is 0.0775 e. The number of rotatable bonds is 1. The van der Waals surface area contributed by atoms with Crippen molar-refractivity contribution in [2.75, 3.05) is 0 Å². The minimum absolute atomic E-state index is 0.154. The van der Waals surface area contributed by atoms with Gasteiger partial charge < -0.3 is 5.11 Å². The first-order chi connectivity index (χ1) is 5.75. The minimum Gasteiger partial charge on any atom is -0.388 e. The van der Waals surface area contributed by atoms with E-state index in [4.69, 9.17) is 0 Å². The monoisotopic (exact) mass is 170 g/mol. The van der Waals surface area contributed by atoms with Gasteiger partial charge in [0.15, 0.2) is 0 Å². The van der Waals surface area contributed by atoms with Crippen LogP contribution in [0.1, 0.15) is 47.0 Å². The third kappa shape index (κ3) is 2.98. The summed E-state index contributed by atoms with van der Waals surface area (Å²) in [5.41, 5.74) is 1.16. The van der Waals surface area contributed by atoms with Crippen molar-refractivity contribution in [2.45, 2.75) is 53.1 Å². The summed E-state index contributed by atoms with van der Waals surface area (Å²) in [6.45, 7) is 8.17. The molecule has 0 amide bonds. The maximum atomic E-state index is 9.57. The first kappa shape index (κ1) is 11.7. The first-order valence-electron chi connectivity index (χ1n) is 5.10. The van der Waals surface area contributed by atoms with E-state index in [-0.39, 0.29) is 6.10 Å². The van der Waals surface area contributed by atoms with Gasteiger partial charge in [0.25, 0.3) is 0 Å². The van der Waals surface area contributed by atoms with Gasteiger partial charge in [-0.3, -0.25) is 0 Å². The molecule has 0 saturated heterocycles. The molecule has 2 unspecified atom stereocenters. The van der Waals surface area contributed by atoms with Gasteiger partial charge in [-0.25, -0.2) is 0 Å². The van der Waals surface area contributed by atoms with Gasteiger partial charge in [0.05, 0.1) is 6.10 Å². The highest BCUT2D eigenvalue weighted by atomic mass is 16.3. The first-order valence-corrected chi connectivity index (χ1v) is 5.10. The molecule has 0 aliphatic heterocycles. The normalized spacial score (nSPS) is 28.6. The lowest BCUT2D eigenvalue weighted by Crippen LogP contribution is -2.23. The molecule has 0 saturated carbocycles. The largest absolute Gasteiger partial charge is 0.388 e. The zero-order valence-corrected chi connectivity index (χ0v) is 8.80.